The van der Waals surface area contributed by atoms with Crippen LogP contribution in [0.15, 0.2) is 67.3 Å². The smallest absolute Gasteiger partial charge is 0.279 e. The van der Waals surface area contributed by atoms with E-state index in [1.165, 1.54) is 0 Å². The number of nitrogens with two attached hydrogens (primary N) is 1. The maximum atomic E-state index is 11.7. The Labute approximate surface area is 124 Å². The SMILES string of the molecule is C=CC[NH2+]CC(=O)Nc1ccc(Oc2ccccc2)cc1. The largest absolute Gasteiger partial charge is 0.457 e. The van der Waals surface area contributed by atoms with Gasteiger partial charge in [-0.15, -0.1) is 0 Å². The Bertz CT molecular complexity index is 579. The molecule has 2 aromatic rings. The fourth-order valence-corrected chi connectivity index (χ4v) is 1.78. The standard InChI is InChI=1S/C17H18N2O2/c1-2-12-18-13-17(20)19-14-8-10-16(11-9-14)21-15-6-4-3-5-7-15/h2-11,18H,1,12-13H2,(H,19,20)/p+1. The molecule has 0 aromatic heterocycles. The van der Waals surface area contributed by atoms with E-state index in [2.05, 4.69) is 11.9 Å². The Kier molecular flexibility index (Phi) is 5.55. The minimum absolute atomic E-state index is 0.0337. The minimum Gasteiger partial charge on any atom is -0.457 e. The predicted molar refractivity (Wildman–Crippen MR) is 83.4 cm³/mol. The van der Waals surface area contributed by atoms with E-state index in [-0.39, 0.29) is 5.91 Å². The average molecular weight is 283 g/mol. The topological polar surface area (TPSA) is 54.9 Å². The fraction of sp³-hybridized carbons (Fsp3) is 0.118. The van der Waals surface area contributed by atoms with Crippen LogP contribution < -0.4 is 15.4 Å². The third-order valence-electron chi connectivity index (χ3n) is 2.78. The van der Waals surface area contributed by atoms with E-state index in [0.29, 0.717) is 6.54 Å². The molecule has 0 atom stereocenters. The Morgan fingerprint density at radius 1 is 1.10 bits per heavy atom. The van der Waals surface area contributed by atoms with Crippen LogP contribution >= 0.6 is 0 Å². The molecule has 0 heterocycles. The number of amides is 1. The lowest BCUT2D eigenvalue weighted by Gasteiger charge is -2.07. The molecule has 0 aliphatic heterocycles. The molecule has 0 bridgehead atoms. The summed E-state index contributed by atoms with van der Waals surface area (Å²) in [7, 11) is 0. The van der Waals surface area contributed by atoms with Crippen molar-refractivity contribution in [2.24, 2.45) is 0 Å². The van der Waals surface area contributed by atoms with Crippen molar-refractivity contribution in [3.63, 3.8) is 0 Å². The van der Waals surface area contributed by atoms with E-state index in [0.717, 1.165) is 23.7 Å². The molecular weight excluding hydrogens is 264 g/mol. The highest BCUT2D eigenvalue weighted by Crippen LogP contribution is 2.22. The Hall–Kier alpha value is -2.59. The Morgan fingerprint density at radius 3 is 2.43 bits per heavy atom. The highest BCUT2D eigenvalue weighted by molar-refractivity contribution is 5.91. The summed E-state index contributed by atoms with van der Waals surface area (Å²) in [6.07, 6.45) is 1.77. The van der Waals surface area contributed by atoms with E-state index >= 15 is 0 Å². The lowest BCUT2D eigenvalue weighted by molar-refractivity contribution is -0.634. The monoisotopic (exact) mass is 283 g/mol. The lowest BCUT2D eigenvalue weighted by Crippen LogP contribution is -2.86. The summed E-state index contributed by atoms with van der Waals surface area (Å²) in [5, 5.41) is 4.72. The van der Waals surface area contributed by atoms with Crippen LogP contribution in [-0.2, 0) is 4.79 Å². The molecular formula is C17H19N2O2+. The number of nitrogens with one attached hydrogen (secondary N) is 1. The molecule has 0 spiro atoms. The van der Waals surface area contributed by atoms with E-state index in [9.17, 15) is 4.79 Å². The van der Waals surface area contributed by atoms with Gasteiger partial charge >= 0.3 is 0 Å². The molecule has 108 valence electrons. The Morgan fingerprint density at radius 2 is 1.76 bits per heavy atom. The summed E-state index contributed by atoms with van der Waals surface area (Å²) in [6.45, 7) is 4.73. The maximum absolute atomic E-state index is 11.7. The third kappa shape index (κ3) is 5.12. The van der Waals surface area contributed by atoms with Gasteiger partial charge in [-0.25, -0.2) is 0 Å². The van der Waals surface area contributed by atoms with Crippen LogP contribution in [0, 0.1) is 0 Å². The van der Waals surface area contributed by atoms with E-state index < -0.39 is 0 Å². The van der Waals surface area contributed by atoms with Crippen molar-refractivity contribution < 1.29 is 14.8 Å². The van der Waals surface area contributed by atoms with Gasteiger partial charge in [0.25, 0.3) is 5.91 Å². The first-order chi connectivity index (χ1) is 10.3. The van der Waals surface area contributed by atoms with Crippen molar-refractivity contribution >= 4 is 11.6 Å². The number of rotatable bonds is 7. The first-order valence-corrected chi connectivity index (χ1v) is 6.83. The number of hydrogen-bond donors (Lipinski definition) is 2. The number of hydrogen-bond acceptors (Lipinski definition) is 2. The lowest BCUT2D eigenvalue weighted by atomic mass is 10.3. The van der Waals surface area contributed by atoms with Crippen molar-refractivity contribution in [1.29, 1.82) is 0 Å². The minimum atomic E-state index is -0.0337. The van der Waals surface area contributed by atoms with Crippen molar-refractivity contribution in [2.75, 3.05) is 18.4 Å². The molecule has 0 unspecified atom stereocenters. The zero-order valence-electron chi connectivity index (χ0n) is 11.8. The molecule has 4 heteroatoms. The zero-order chi connectivity index (χ0) is 14.9. The van der Waals surface area contributed by atoms with Gasteiger partial charge in [-0.2, -0.15) is 0 Å². The quantitative estimate of drug-likeness (QED) is 0.604. The van der Waals surface area contributed by atoms with Gasteiger partial charge in [0.05, 0.1) is 6.54 Å². The highest BCUT2D eigenvalue weighted by atomic mass is 16.5. The van der Waals surface area contributed by atoms with E-state index in [1.54, 1.807) is 6.08 Å². The molecule has 2 rings (SSSR count). The average Bonchev–Trinajstić information content (AvgIpc) is 2.51. The van der Waals surface area contributed by atoms with Gasteiger partial charge in [-0.1, -0.05) is 24.8 Å². The molecule has 21 heavy (non-hydrogen) atoms. The van der Waals surface area contributed by atoms with Crippen LogP contribution in [-0.4, -0.2) is 19.0 Å². The Balaban J connectivity index is 1.87. The van der Waals surface area contributed by atoms with Crippen molar-refractivity contribution in [2.45, 2.75) is 0 Å². The molecule has 0 saturated heterocycles. The molecule has 0 aliphatic carbocycles. The number of benzene rings is 2. The molecule has 3 N–H and O–H groups in total. The van der Waals surface area contributed by atoms with Crippen molar-refractivity contribution in [3.8, 4) is 11.5 Å². The number of para-hydroxylation sites is 1. The second-order valence-corrected chi connectivity index (χ2v) is 4.50. The summed E-state index contributed by atoms with van der Waals surface area (Å²) in [5.41, 5.74) is 0.757. The van der Waals surface area contributed by atoms with Crippen LogP contribution in [0.3, 0.4) is 0 Å². The van der Waals surface area contributed by atoms with Crippen LogP contribution in [0.1, 0.15) is 0 Å². The van der Waals surface area contributed by atoms with Crippen LogP contribution in [0.5, 0.6) is 11.5 Å². The van der Waals surface area contributed by atoms with Gasteiger partial charge < -0.3 is 15.4 Å². The van der Waals surface area contributed by atoms with Gasteiger partial charge in [-0.3, -0.25) is 4.79 Å². The van der Waals surface area contributed by atoms with Gasteiger partial charge in [0.1, 0.15) is 11.5 Å². The number of carbonyl (C=O) groups excluding carboxylic acids is 1. The number of ether oxygens (including phenoxy) is 1. The number of quaternary nitrogens is 1. The van der Waals surface area contributed by atoms with Gasteiger partial charge in [0, 0.05) is 5.69 Å². The molecule has 1 amide bonds. The first kappa shape index (κ1) is 14.8. The van der Waals surface area contributed by atoms with Crippen LogP contribution in [0.25, 0.3) is 0 Å². The van der Waals surface area contributed by atoms with Gasteiger partial charge in [-0.05, 0) is 42.5 Å². The summed E-state index contributed by atoms with van der Waals surface area (Å²) in [6, 6.07) is 16.9. The second kappa shape index (κ2) is 7.87. The van der Waals surface area contributed by atoms with E-state index in [1.807, 2.05) is 59.9 Å². The van der Waals surface area contributed by atoms with Crippen LogP contribution in [0.4, 0.5) is 5.69 Å². The van der Waals surface area contributed by atoms with Crippen LogP contribution in [0.2, 0.25) is 0 Å². The number of carbonyl (C=O) groups is 1. The summed E-state index contributed by atoms with van der Waals surface area (Å²) < 4.78 is 5.69. The van der Waals surface area contributed by atoms with Crippen molar-refractivity contribution in [3.05, 3.63) is 67.3 Å². The molecule has 0 aliphatic rings. The van der Waals surface area contributed by atoms with Gasteiger partial charge in [0.15, 0.2) is 6.54 Å². The molecule has 0 radical (unpaired) electrons. The van der Waals surface area contributed by atoms with E-state index in [4.69, 9.17) is 4.74 Å². The summed E-state index contributed by atoms with van der Waals surface area (Å²) in [4.78, 5) is 11.7. The second-order valence-electron chi connectivity index (χ2n) is 4.50. The summed E-state index contributed by atoms with van der Waals surface area (Å²) in [5.74, 6) is 1.49. The summed E-state index contributed by atoms with van der Waals surface area (Å²) >= 11 is 0. The fourth-order valence-electron chi connectivity index (χ4n) is 1.78. The zero-order valence-corrected chi connectivity index (χ0v) is 11.8. The normalized spacial score (nSPS) is 9.90. The maximum Gasteiger partial charge on any atom is 0.279 e. The highest BCUT2D eigenvalue weighted by Gasteiger charge is 2.04. The van der Waals surface area contributed by atoms with Crippen molar-refractivity contribution in [1.82, 2.24) is 0 Å². The predicted octanol–water partition coefficient (Wildman–Crippen LogP) is 2.17. The molecule has 2 aromatic carbocycles. The molecule has 4 nitrogen and oxygen atoms in total. The number of anilines is 1. The third-order valence-corrected chi connectivity index (χ3v) is 2.78. The molecule has 0 saturated carbocycles. The van der Waals surface area contributed by atoms with Gasteiger partial charge in [0.2, 0.25) is 0 Å². The molecule has 0 fully saturated rings. The first-order valence-electron chi connectivity index (χ1n) is 6.83.